The maximum Gasteiger partial charge on any atom is 0.329 e. The summed E-state index contributed by atoms with van der Waals surface area (Å²) in [4.78, 5) is 41.0. The Labute approximate surface area is 152 Å². The van der Waals surface area contributed by atoms with Crippen LogP contribution in [0.5, 0.6) is 0 Å². The smallest absolute Gasteiger partial charge is 0.329 e. The van der Waals surface area contributed by atoms with E-state index in [1.54, 1.807) is 14.0 Å². The van der Waals surface area contributed by atoms with Gasteiger partial charge in [-0.15, -0.1) is 0 Å². The number of imidazole rings is 1. The lowest BCUT2D eigenvalue weighted by atomic mass is 10.1. The second-order valence-electron chi connectivity index (χ2n) is 6.96. The third-order valence-corrected chi connectivity index (χ3v) is 4.97. The van der Waals surface area contributed by atoms with E-state index in [-0.39, 0.29) is 30.0 Å². The molecule has 0 aliphatic carbocycles. The number of carbonyl (C=O) groups is 2. The number of hydrogen-bond donors (Lipinski definition) is 0. The predicted molar refractivity (Wildman–Crippen MR) is 99.9 cm³/mol. The van der Waals surface area contributed by atoms with Crippen molar-refractivity contribution in [3.8, 4) is 0 Å². The van der Waals surface area contributed by atoms with Gasteiger partial charge in [-0.25, -0.2) is 4.79 Å². The van der Waals surface area contributed by atoms with Crippen LogP contribution in [0.25, 0.3) is 11.0 Å². The van der Waals surface area contributed by atoms with Crippen molar-refractivity contribution in [2.24, 2.45) is 5.92 Å². The number of nitrogens with zero attached hydrogens (tertiary/aromatic N) is 4. The van der Waals surface area contributed by atoms with Gasteiger partial charge in [0.15, 0.2) is 0 Å². The lowest BCUT2D eigenvalue weighted by Gasteiger charge is -2.35. The number of carbonyl (C=O) groups excluding carboxylic acids is 2. The lowest BCUT2D eigenvalue weighted by molar-refractivity contribution is -0.141. The Bertz CT molecular complexity index is 873. The van der Waals surface area contributed by atoms with Crippen molar-refractivity contribution in [1.29, 1.82) is 0 Å². The fourth-order valence-electron chi connectivity index (χ4n) is 3.51. The zero-order valence-electron chi connectivity index (χ0n) is 15.6. The predicted octanol–water partition coefficient (Wildman–Crippen LogP) is 1.15. The van der Waals surface area contributed by atoms with Gasteiger partial charge < -0.3 is 9.80 Å². The van der Waals surface area contributed by atoms with Crippen LogP contribution in [0, 0.1) is 5.92 Å². The van der Waals surface area contributed by atoms with Crippen molar-refractivity contribution >= 4 is 22.8 Å². The molecule has 3 rings (SSSR count). The van der Waals surface area contributed by atoms with Crippen LogP contribution in [0.4, 0.5) is 0 Å². The van der Waals surface area contributed by atoms with Gasteiger partial charge in [-0.3, -0.25) is 18.7 Å². The Morgan fingerprint density at radius 3 is 2.04 bits per heavy atom. The average molecular weight is 358 g/mol. The first kappa shape index (κ1) is 18.2. The Morgan fingerprint density at radius 2 is 1.50 bits per heavy atom. The average Bonchev–Trinajstić information content (AvgIpc) is 2.92. The summed E-state index contributed by atoms with van der Waals surface area (Å²) in [6.07, 6.45) is 0. The van der Waals surface area contributed by atoms with Crippen LogP contribution >= 0.6 is 0 Å². The molecule has 1 fully saturated rings. The van der Waals surface area contributed by atoms with Gasteiger partial charge in [-0.05, 0) is 19.1 Å². The summed E-state index contributed by atoms with van der Waals surface area (Å²) in [6, 6.07) is 7.54. The van der Waals surface area contributed by atoms with Gasteiger partial charge in [0, 0.05) is 38.6 Å². The van der Waals surface area contributed by atoms with Crippen molar-refractivity contribution in [1.82, 2.24) is 18.9 Å². The van der Waals surface area contributed by atoms with Crippen LogP contribution < -0.4 is 5.69 Å². The van der Waals surface area contributed by atoms with Crippen molar-refractivity contribution in [2.75, 3.05) is 26.2 Å². The van der Waals surface area contributed by atoms with E-state index in [0.29, 0.717) is 32.7 Å². The number of hydrogen-bond acceptors (Lipinski definition) is 3. The Balaban J connectivity index is 1.74. The van der Waals surface area contributed by atoms with E-state index in [9.17, 15) is 14.4 Å². The number of para-hydroxylation sites is 2. The summed E-state index contributed by atoms with van der Waals surface area (Å²) in [7, 11) is 0. The molecule has 0 spiro atoms. The zero-order valence-corrected chi connectivity index (χ0v) is 15.6. The van der Waals surface area contributed by atoms with Gasteiger partial charge in [0.2, 0.25) is 11.8 Å². The summed E-state index contributed by atoms with van der Waals surface area (Å²) in [5.74, 6) is 0.0121. The molecule has 0 saturated carbocycles. The molecule has 1 aliphatic rings. The van der Waals surface area contributed by atoms with E-state index in [2.05, 4.69) is 0 Å². The van der Waals surface area contributed by atoms with E-state index in [4.69, 9.17) is 0 Å². The Hall–Kier alpha value is -2.57. The number of aryl methyl sites for hydroxylation is 1. The van der Waals surface area contributed by atoms with Crippen LogP contribution in [0.3, 0.4) is 0 Å². The molecule has 0 atom stereocenters. The fourth-order valence-corrected chi connectivity index (χ4v) is 3.51. The van der Waals surface area contributed by atoms with Crippen LogP contribution in [0.15, 0.2) is 29.1 Å². The second kappa shape index (κ2) is 7.35. The van der Waals surface area contributed by atoms with Gasteiger partial charge in [-0.2, -0.15) is 0 Å². The molecule has 1 saturated heterocycles. The molecule has 1 aliphatic heterocycles. The van der Waals surface area contributed by atoms with Crippen LogP contribution in [-0.2, 0) is 22.7 Å². The number of fused-ring (bicyclic) bond motifs is 1. The molecule has 1 aromatic carbocycles. The maximum atomic E-state index is 12.7. The largest absolute Gasteiger partial charge is 0.339 e. The number of rotatable bonds is 4. The fraction of sp³-hybridized carbons (Fsp3) is 0.526. The topological polar surface area (TPSA) is 67.6 Å². The highest BCUT2D eigenvalue weighted by Crippen LogP contribution is 2.14. The van der Waals surface area contributed by atoms with Crippen molar-refractivity contribution in [3.63, 3.8) is 0 Å². The van der Waals surface area contributed by atoms with Crippen LogP contribution in [0.1, 0.15) is 20.8 Å². The van der Waals surface area contributed by atoms with Crippen LogP contribution in [-0.4, -0.2) is 56.9 Å². The highest BCUT2D eigenvalue weighted by molar-refractivity contribution is 5.82. The van der Waals surface area contributed by atoms with Gasteiger partial charge in [0.25, 0.3) is 0 Å². The van der Waals surface area contributed by atoms with E-state index in [0.717, 1.165) is 11.0 Å². The van der Waals surface area contributed by atoms with Gasteiger partial charge >= 0.3 is 5.69 Å². The molecule has 0 bridgehead atoms. The van der Waals surface area contributed by atoms with E-state index >= 15 is 0 Å². The molecule has 26 heavy (non-hydrogen) atoms. The zero-order chi connectivity index (χ0) is 18.8. The standard InChI is InChI=1S/C19H26N4O3/c1-4-22-15-7-5-6-8-16(15)23(19(22)26)13-17(24)20-9-11-21(12-10-20)18(25)14(2)3/h5-8,14H,4,9-13H2,1-3H3. The number of piperazine rings is 1. The van der Waals surface area contributed by atoms with Crippen molar-refractivity contribution < 1.29 is 9.59 Å². The molecule has 0 radical (unpaired) electrons. The molecule has 1 aromatic heterocycles. The second-order valence-corrected chi connectivity index (χ2v) is 6.96. The summed E-state index contributed by atoms with van der Waals surface area (Å²) >= 11 is 0. The number of aromatic nitrogens is 2. The summed E-state index contributed by atoms with van der Waals surface area (Å²) in [5.41, 5.74) is 1.47. The van der Waals surface area contributed by atoms with E-state index in [1.807, 2.05) is 49.9 Å². The van der Waals surface area contributed by atoms with Crippen molar-refractivity contribution in [3.05, 3.63) is 34.7 Å². The van der Waals surface area contributed by atoms with Gasteiger partial charge in [-0.1, -0.05) is 26.0 Å². The lowest BCUT2D eigenvalue weighted by Crippen LogP contribution is -2.52. The number of amides is 2. The summed E-state index contributed by atoms with van der Waals surface area (Å²) < 4.78 is 3.23. The third kappa shape index (κ3) is 3.25. The number of benzene rings is 1. The highest BCUT2D eigenvalue weighted by atomic mass is 16.2. The molecule has 0 unspecified atom stereocenters. The van der Waals surface area contributed by atoms with Gasteiger partial charge in [0.05, 0.1) is 11.0 Å². The molecule has 2 aromatic rings. The summed E-state index contributed by atoms with van der Waals surface area (Å²) in [5, 5.41) is 0. The molecule has 2 heterocycles. The first-order chi connectivity index (χ1) is 12.4. The molecular formula is C19H26N4O3. The summed E-state index contributed by atoms with van der Waals surface area (Å²) in [6.45, 7) is 8.41. The third-order valence-electron chi connectivity index (χ3n) is 4.97. The minimum Gasteiger partial charge on any atom is -0.339 e. The minimum absolute atomic E-state index is 0.0315. The maximum absolute atomic E-state index is 12.7. The molecule has 140 valence electrons. The quantitative estimate of drug-likeness (QED) is 0.823. The highest BCUT2D eigenvalue weighted by Gasteiger charge is 2.26. The van der Waals surface area contributed by atoms with E-state index < -0.39 is 0 Å². The molecule has 7 heteroatoms. The van der Waals surface area contributed by atoms with Crippen LogP contribution in [0.2, 0.25) is 0 Å². The molecule has 2 amide bonds. The monoisotopic (exact) mass is 358 g/mol. The molecule has 7 nitrogen and oxygen atoms in total. The van der Waals surface area contributed by atoms with E-state index in [1.165, 1.54) is 0 Å². The molecular weight excluding hydrogens is 332 g/mol. The molecule has 0 N–H and O–H groups in total. The van der Waals surface area contributed by atoms with Crippen molar-refractivity contribution in [2.45, 2.75) is 33.9 Å². The van der Waals surface area contributed by atoms with Gasteiger partial charge in [0.1, 0.15) is 6.54 Å². The first-order valence-electron chi connectivity index (χ1n) is 9.18. The Kier molecular flexibility index (Phi) is 5.15. The first-order valence-corrected chi connectivity index (χ1v) is 9.18. The SMILES string of the molecule is CCn1c(=O)n(CC(=O)N2CCN(C(=O)C(C)C)CC2)c2ccccc21. The minimum atomic E-state index is -0.157. The normalized spacial score (nSPS) is 15.1. The Morgan fingerprint density at radius 1 is 0.962 bits per heavy atom.